The fraction of sp³-hybridized carbons (Fsp3) is 0.294. The average molecular weight is 329 g/mol. The van der Waals surface area contributed by atoms with Gasteiger partial charge < -0.3 is 23.2 Å². The second-order valence-corrected chi connectivity index (χ2v) is 5.16. The van der Waals surface area contributed by atoms with Crippen LogP contribution in [-0.4, -0.2) is 35.9 Å². The quantitative estimate of drug-likeness (QED) is 0.692. The summed E-state index contributed by atoms with van der Waals surface area (Å²) in [6, 6.07) is 3.61. The van der Waals surface area contributed by atoms with Gasteiger partial charge in [0.2, 0.25) is 11.6 Å². The van der Waals surface area contributed by atoms with Crippen molar-refractivity contribution in [3.05, 3.63) is 42.3 Å². The largest absolute Gasteiger partial charge is 0.493 e. The van der Waals surface area contributed by atoms with Crippen LogP contribution in [0.4, 0.5) is 0 Å². The Kier molecular flexibility index (Phi) is 4.41. The van der Waals surface area contributed by atoms with E-state index in [0.29, 0.717) is 29.7 Å². The van der Waals surface area contributed by atoms with Gasteiger partial charge in [-0.2, -0.15) is 0 Å². The molecular weight excluding hydrogens is 310 g/mol. The highest BCUT2D eigenvalue weighted by Gasteiger charge is 2.17. The summed E-state index contributed by atoms with van der Waals surface area (Å²) >= 11 is 0. The maximum absolute atomic E-state index is 5.62. The number of oxazole rings is 1. The van der Waals surface area contributed by atoms with Crippen molar-refractivity contribution in [1.29, 1.82) is 0 Å². The highest BCUT2D eigenvalue weighted by molar-refractivity contribution is 5.65. The lowest BCUT2D eigenvalue weighted by Gasteiger charge is -2.12. The number of aromatic nitrogens is 3. The number of aryl methyl sites for hydroxylation is 1. The standard InChI is InChI=1S/C17H19N3O4/c1-11-18-5-6-20(11)9-13-10-24-17(19-13)12-7-14(21-2)16(23-4)15(8-12)22-3/h5-8,10H,9H2,1-4H3. The summed E-state index contributed by atoms with van der Waals surface area (Å²) in [4.78, 5) is 8.74. The Balaban J connectivity index is 1.93. The smallest absolute Gasteiger partial charge is 0.226 e. The number of rotatable bonds is 6. The van der Waals surface area contributed by atoms with Crippen LogP contribution < -0.4 is 14.2 Å². The predicted octanol–water partition coefficient (Wildman–Crippen LogP) is 2.92. The number of hydrogen-bond acceptors (Lipinski definition) is 6. The molecule has 24 heavy (non-hydrogen) atoms. The van der Waals surface area contributed by atoms with Crippen molar-refractivity contribution in [3.63, 3.8) is 0 Å². The molecule has 0 aliphatic carbocycles. The van der Waals surface area contributed by atoms with E-state index in [2.05, 4.69) is 9.97 Å². The van der Waals surface area contributed by atoms with Gasteiger partial charge >= 0.3 is 0 Å². The first kappa shape index (κ1) is 15.9. The molecule has 0 radical (unpaired) electrons. The Morgan fingerprint density at radius 1 is 1.08 bits per heavy atom. The van der Waals surface area contributed by atoms with Crippen LogP contribution >= 0.6 is 0 Å². The van der Waals surface area contributed by atoms with E-state index in [1.807, 2.05) is 17.7 Å². The fourth-order valence-electron chi connectivity index (χ4n) is 2.46. The van der Waals surface area contributed by atoms with Crippen molar-refractivity contribution in [3.8, 4) is 28.7 Å². The van der Waals surface area contributed by atoms with E-state index in [4.69, 9.17) is 18.6 Å². The summed E-state index contributed by atoms with van der Waals surface area (Å²) in [5.41, 5.74) is 1.55. The van der Waals surface area contributed by atoms with Gasteiger partial charge in [0.15, 0.2) is 11.5 Å². The maximum atomic E-state index is 5.62. The van der Waals surface area contributed by atoms with Gasteiger partial charge in [0.1, 0.15) is 12.1 Å². The molecule has 3 aromatic rings. The molecule has 1 aromatic carbocycles. The van der Waals surface area contributed by atoms with Crippen molar-refractivity contribution in [2.45, 2.75) is 13.5 Å². The molecule has 0 bridgehead atoms. The van der Waals surface area contributed by atoms with Gasteiger partial charge in [-0.3, -0.25) is 0 Å². The normalized spacial score (nSPS) is 10.7. The van der Waals surface area contributed by atoms with E-state index in [0.717, 1.165) is 17.1 Å². The lowest BCUT2D eigenvalue weighted by molar-refractivity contribution is 0.324. The van der Waals surface area contributed by atoms with Crippen LogP contribution in [0.3, 0.4) is 0 Å². The summed E-state index contributed by atoms with van der Waals surface area (Å²) in [5, 5.41) is 0. The van der Waals surface area contributed by atoms with Crippen LogP contribution in [0.15, 0.2) is 35.2 Å². The van der Waals surface area contributed by atoms with Gasteiger partial charge in [-0.05, 0) is 19.1 Å². The topological polar surface area (TPSA) is 71.5 Å². The molecule has 7 heteroatoms. The molecule has 0 unspecified atom stereocenters. The Labute approximate surface area is 139 Å². The number of methoxy groups -OCH3 is 3. The van der Waals surface area contributed by atoms with Gasteiger partial charge in [0.05, 0.1) is 33.6 Å². The van der Waals surface area contributed by atoms with Gasteiger partial charge in [0.25, 0.3) is 0 Å². The first-order valence-corrected chi connectivity index (χ1v) is 7.38. The van der Waals surface area contributed by atoms with Gasteiger partial charge in [-0.15, -0.1) is 0 Å². The SMILES string of the molecule is COc1cc(-c2nc(Cn3ccnc3C)co2)cc(OC)c1OC. The molecule has 0 aliphatic heterocycles. The van der Waals surface area contributed by atoms with E-state index in [-0.39, 0.29) is 0 Å². The highest BCUT2D eigenvalue weighted by atomic mass is 16.5. The maximum Gasteiger partial charge on any atom is 0.226 e. The molecule has 3 rings (SSSR count). The second kappa shape index (κ2) is 6.66. The minimum Gasteiger partial charge on any atom is -0.493 e. The van der Waals surface area contributed by atoms with Crippen LogP contribution in [0.2, 0.25) is 0 Å². The van der Waals surface area contributed by atoms with Gasteiger partial charge in [-0.1, -0.05) is 0 Å². The van der Waals surface area contributed by atoms with Crippen LogP contribution in [0.5, 0.6) is 17.2 Å². The van der Waals surface area contributed by atoms with Crippen molar-refractivity contribution >= 4 is 0 Å². The van der Waals surface area contributed by atoms with Crippen LogP contribution in [0.1, 0.15) is 11.5 Å². The number of imidazole rings is 1. The van der Waals surface area contributed by atoms with E-state index in [1.54, 1.807) is 45.9 Å². The molecule has 2 aromatic heterocycles. The molecule has 0 saturated carbocycles. The molecule has 0 amide bonds. The first-order valence-electron chi connectivity index (χ1n) is 7.38. The lowest BCUT2D eigenvalue weighted by atomic mass is 10.2. The van der Waals surface area contributed by atoms with E-state index in [9.17, 15) is 0 Å². The van der Waals surface area contributed by atoms with Crippen LogP contribution in [0, 0.1) is 6.92 Å². The zero-order valence-electron chi connectivity index (χ0n) is 14.1. The van der Waals surface area contributed by atoms with Crippen molar-refractivity contribution in [2.24, 2.45) is 0 Å². The summed E-state index contributed by atoms with van der Waals surface area (Å²) in [6.45, 7) is 2.54. The van der Waals surface area contributed by atoms with E-state index >= 15 is 0 Å². The molecule has 0 N–H and O–H groups in total. The fourth-order valence-corrected chi connectivity index (χ4v) is 2.46. The zero-order chi connectivity index (χ0) is 17.1. The Bertz CT molecular complexity index is 813. The molecule has 0 spiro atoms. The lowest BCUT2D eigenvalue weighted by Crippen LogP contribution is -2.01. The summed E-state index contributed by atoms with van der Waals surface area (Å²) in [5.74, 6) is 3.05. The third-order valence-corrected chi connectivity index (χ3v) is 3.72. The van der Waals surface area contributed by atoms with Crippen molar-refractivity contribution in [1.82, 2.24) is 14.5 Å². The van der Waals surface area contributed by atoms with Crippen LogP contribution in [-0.2, 0) is 6.54 Å². The Hall–Kier alpha value is -2.96. The molecule has 0 aliphatic rings. The second-order valence-electron chi connectivity index (χ2n) is 5.16. The van der Waals surface area contributed by atoms with Gasteiger partial charge in [-0.25, -0.2) is 9.97 Å². The average Bonchev–Trinajstić information content (AvgIpc) is 3.23. The molecule has 0 fully saturated rings. The summed E-state index contributed by atoms with van der Waals surface area (Å²) < 4.78 is 23.7. The number of benzene rings is 1. The minimum atomic E-state index is 0.488. The number of hydrogen-bond donors (Lipinski definition) is 0. The molecule has 126 valence electrons. The minimum absolute atomic E-state index is 0.488. The predicted molar refractivity (Wildman–Crippen MR) is 87.7 cm³/mol. The third-order valence-electron chi connectivity index (χ3n) is 3.72. The number of ether oxygens (including phenoxy) is 3. The highest BCUT2D eigenvalue weighted by Crippen LogP contribution is 2.40. The first-order chi connectivity index (χ1) is 11.7. The molecule has 2 heterocycles. The Morgan fingerprint density at radius 2 is 1.79 bits per heavy atom. The molecule has 7 nitrogen and oxygen atoms in total. The molecule has 0 atom stereocenters. The number of nitrogens with zero attached hydrogens (tertiary/aromatic N) is 3. The molecular formula is C17H19N3O4. The van der Waals surface area contributed by atoms with E-state index < -0.39 is 0 Å². The summed E-state index contributed by atoms with van der Waals surface area (Å²) in [7, 11) is 4.71. The zero-order valence-corrected chi connectivity index (χ0v) is 14.1. The third kappa shape index (κ3) is 2.92. The van der Waals surface area contributed by atoms with Crippen molar-refractivity contribution < 1.29 is 18.6 Å². The van der Waals surface area contributed by atoms with Crippen molar-refractivity contribution in [2.75, 3.05) is 21.3 Å². The van der Waals surface area contributed by atoms with Crippen LogP contribution in [0.25, 0.3) is 11.5 Å². The van der Waals surface area contributed by atoms with E-state index in [1.165, 1.54) is 0 Å². The monoisotopic (exact) mass is 329 g/mol. The Morgan fingerprint density at radius 3 is 2.33 bits per heavy atom. The molecule has 0 saturated heterocycles. The summed E-state index contributed by atoms with van der Waals surface area (Å²) in [6.07, 6.45) is 5.30. The van der Waals surface area contributed by atoms with Gasteiger partial charge in [0, 0.05) is 18.0 Å².